The Morgan fingerprint density at radius 2 is 1.77 bits per heavy atom. The maximum absolute atomic E-state index is 5.60. The quantitative estimate of drug-likeness (QED) is 0.267. The molecule has 224 valence electrons. The van der Waals surface area contributed by atoms with E-state index in [-0.39, 0.29) is 5.92 Å². The van der Waals surface area contributed by atoms with E-state index in [1.807, 2.05) is 29.9 Å². The van der Waals surface area contributed by atoms with Crippen molar-refractivity contribution >= 4 is 27.9 Å². The van der Waals surface area contributed by atoms with Crippen molar-refractivity contribution in [2.24, 2.45) is 18.9 Å². The van der Waals surface area contributed by atoms with Crippen molar-refractivity contribution in [2.45, 2.75) is 26.7 Å². The molecule has 5 aromatic rings. The number of aryl methyl sites for hydroxylation is 2. The SMILES string of the molecule is COCCN1C[C@@H]2CN(c3nc4c(C(C)C)nc(-n5ncc6c(C)nc(-c7cnccc7OC)cc65)cc4n3C)C[C@@H]2C1. The van der Waals surface area contributed by atoms with Crippen molar-refractivity contribution < 1.29 is 9.47 Å². The molecule has 43 heavy (non-hydrogen) atoms. The van der Waals surface area contributed by atoms with Gasteiger partial charge in [-0.2, -0.15) is 5.10 Å². The summed E-state index contributed by atoms with van der Waals surface area (Å²) in [7, 11) is 5.56. The van der Waals surface area contributed by atoms with E-state index in [0.29, 0.717) is 11.8 Å². The maximum atomic E-state index is 5.60. The van der Waals surface area contributed by atoms with Crippen LogP contribution in [0.1, 0.15) is 31.2 Å². The number of rotatable bonds is 8. The van der Waals surface area contributed by atoms with Gasteiger partial charge in [-0.05, 0) is 36.8 Å². The third kappa shape index (κ3) is 4.71. The molecular weight excluding hydrogens is 542 g/mol. The third-order valence-corrected chi connectivity index (χ3v) is 9.11. The summed E-state index contributed by atoms with van der Waals surface area (Å²) in [6, 6.07) is 6.01. The Bertz CT molecular complexity index is 1800. The van der Waals surface area contributed by atoms with Gasteiger partial charge in [0.15, 0.2) is 5.82 Å². The molecule has 0 radical (unpaired) electrons. The van der Waals surface area contributed by atoms with Crippen LogP contribution in [0.25, 0.3) is 39.0 Å². The van der Waals surface area contributed by atoms with E-state index in [4.69, 9.17) is 29.5 Å². The number of anilines is 1. The van der Waals surface area contributed by atoms with Gasteiger partial charge in [-0.1, -0.05) is 13.8 Å². The van der Waals surface area contributed by atoms with Gasteiger partial charge in [0, 0.05) is 76.4 Å². The van der Waals surface area contributed by atoms with Gasteiger partial charge < -0.3 is 23.8 Å². The lowest BCUT2D eigenvalue weighted by molar-refractivity contribution is 0.157. The predicted octanol–water partition coefficient (Wildman–Crippen LogP) is 4.22. The summed E-state index contributed by atoms with van der Waals surface area (Å²) in [4.78, 5) is 24.6. The number of imidazole rings is 1. The summed E-state index contributed by atoms with van der Waals surface area (Å²) in [5, 5.41) is 5.79. The molecule has 11 heteroatoms. The van der Waals surface area contributed by atoms with Gasteiger partial charge in [-0.15, -0.1) is 0 Å². The fourth-order valence-electron chi connectivity index (χ4n) is 6.88. The zero-order valence-electron chi connectivity index (χ0n) is 25.8. The first-order valence-corrected chi connectivity index (χ1v) is 15.0. The van der Waals surface area contributed by atoms with Crippen LogP contribution in [0.3, 0.4) is 0 Å². The number of methoxy groups -OCH3 is 2. The molecule has 0 N–H and O–H groups in total. The molecule has 7 rings (SSSR count). The van der Waals surface area contributed by atoms with Gasteiger partial charge >= 0.3 is 0 Å². The monoisotopic (exact) mass is 581 g/mol. The molecular formula is C32H39N9O2. The number of likely N-dealkylation sites (tertiary alicyclic amines) is 1. The molecule has 0 saturated carbocycles. The fraction of sp³-hybridized carbons (Fsp3) is 0.469. The van der Waals surface area contributed by atoms with Crippen LogP contribution >= 0.6 is 0 Å². The minimum absolute atomic E-state index is 0.193. The molecule has 0 unspecified atom stereocenters. The van der Waals surface area contributed by atoms with Gasteiger partial charge in [0.25, 0.3) is 0 Å². The van der Waals surface area contributed by atoms with Crippen molar-refractivity contribution in [3.8, 4) is 22.8 Å². The summed E-state index contributed by atoms with van der Waals surface area (Å²) in [5.74, 6) is 4.03. The fourth-order valence-corrected chi connectivity index (χ4v) is 6.88. The average molecular weight is 582 g/mol. The van der Waals surface area contributed by atoms with Crippen LogP contribution in [0.4, 0.5) is 5.95 Å². The highest BCUT2D eigenvalue weighted by atomic mass is 16.5. The van der Waals surface area contributed by atoms with Crippen LogP contribution in [0.5, 0.6) is 5.75 Å². The second-order valence-electron chi connectivity index (χ2n) is 12.2. The minimum Gasteiger partial charge on any atom is -0.496 e. The number of aromatic nitrogens is 7. The van der Waals surface area contributed by atoms with Crippen LogP contribution in [0.2, 0.25) is 0 Å². The van der Waals surface area contributed by atoms with Crippen LogP contribution in [-0.2, 0) is 11.8 Å². The van der Waals surface area contributed by atoms with Crippen molar-refractivity contribution in [1.29, 1.82) is 0 Å². The highest BCUT2D eigenvalue weighted by Gasteiger charge is 2.41. The van der Waals surface area contributed by atoms with E-state index in [1.54, 1.807) is 26.6 Å². The average Bonchev–Trinajstić information content (AvgIpc) is 3.77. The summed E-state index contributed by atoms with van der Waals surface area (Å²) in [5.41, 5.74) is 6.44. The van der Waals surface area contributed by atoms with E-state index < -0.39 is 0 Å². The first-order valence-electron chi connectivity index (χ1n) is 15.0. The van der Waals surface area contributed by atoms with Gasteiger partial charge in [-0.25, -0.2) is 14.6 Å². The Morgan fingerprint density at radius 1 is 0.977 bits per heavy atom. The van der Waals surface area contributed by atoms with E-state index in [9.17, 15) is 0 Å². The normalized spacial score (nSPS) is 18.9. The number of fused-ring (bicyclic) bond motifs is 3. The number of hydrogen-bond acceptors (Lipinski definition) is 9. The van der Waals surface area contributed by atoms with Crippen molar-refractivity contribution in [1.82, 2.24) is 39.2 Å². The Morgan fingerprint density at radius 3 is 2.49 bits per heavy atom. The molecule has 0 aliphatic carbocycles. The van der Waals surface area contributed by atoms with Gasteiger partial charge in [0.1, 0.15) is 11.3 Å². The molecule has 0 spiro atoms. The Hall–Kier alpha value is -4.09. The summed E-state index contributed by atoms with van der Waals surface area (Å²) in [6.45, 7) is 12.5. The van der Waals surface area contributed by atoms with Gasteiger partial charge in [0.2, 0.25) is 5.95 Å². The van der Waals surface area contributed by atoms with E-state index >= 15 is 0 Å². The molecule has 2 aliphatic rings. The minimum atomic E-state index is 0.193. The molecule has 2 atom stereocenters. The molecule has 2 saturated heterocycles. The Balaban J connectivity index is 1.28. The van der Waals surface area contributed by atoms with Gasteiger partial charge in [-0.3, -0.25) is 9.97 Å². The number of ether oxygens (including phenoxy) is 2. The predicted molar refractivity (Wildman–Crippen MR) is 167 cm³/mol. The second-order valence-corrected chi connectivity index (χ2v) is 12.2. The van der Waals surface area contributed by atoms with Crippen LogP contribution in [0.15, 0.2) is 36.8 Å². The Kier molecular flexibility index (Phi) is 7.01. The molecule has 0 aromatic carbocycles. The molecule has 2 aliphatic heterocycles. The lowest BCUT2D eigenvalue weighted by atomic mass is 10.0. The molecule has 7 heterocycles. The first kappa shape index (κ1) is 27.7. The number of pyridine rings is 3. The standard InChI is InChI=1S/C32H39N9O2/c1-19(2)30-31-27(38(4)32(37-31)40-17-21-15-39(9-10-42-5)16-22(21)18-40)12-29(36-30)41-26-11-25(35-20(3)23(26)14-34-41)24-13-33-8-7-28(24)43-6/h7-8,11-14,19,21-22H,9-10,15-18H2,1-6H3/t21-,22+. The molecule has 2 fully saturated rings. The maximum Gasteiger partial charge on any atom is 0.206 e. The zero-order valence-corrected chi connectivity index (χ0v) is 25.8. The van der Waals surface area contributed by atoms with Crippen molar-refractivity contribution in [2.75, 3.05) is 58.5 Å². The van der Waals surface area contributed by atoms with E-state index in [0.717, 1.165) is 101 Å². The smallest absolute Gasteiger partial charge is 0.206 e. The van der Waals surface area contributed by atoms with Gasteiger partial charge in [0.05, 0.1) is 47.9 Å². The molecule has 5 aromatic heterocycles. The van der Waals surface area contributed by atoms with E-state index in [2.05, 4.69) is 46.3 Å². The Labute approximate surface area is 251 Å². The molecule has 0 amide bonds. The van der Waals surface area contributed by atoms with Crippen molar-refractivity contribution in [3.05, 3.63) is 48.2 Å². The molecule has 0 bridgehead atoms. The third-order valence-electron chi connectivity index (χ3n) is 9.11. The topological polar surface area (TPSA) is 99.2 Å². The van der Waals surface area contributed by atoms with Crippen LogP contribution < -0.4 is 9.64 Å². The largest absolute Gasteiger partial charge is 0.496 e. The molecule has 11 nitrogen and oxygen atoms in total. The first-order chi connectivity index (χ1) is 20.9. The lowest BCUT2D eigenvalue weighted by Gasteiger charge is -2.22. The summed E-state index contributed by atoms with van der Waals surface area (Å²) in [6.07, 6.45) is 5.38. The summed E-state index contributed by atoms with van der Waals surface area (Å²) >= 11 is 0. The van der Waals surface area contributed by atoms with E-state index in [1.165, 1.54) is 0 Å². The summed E-state index contributed by atoms with van der Waals surface area (Å²) < 4.78 is 15.1. The number of nitrogens with zero attached hydrogens (tertiary/aromatic N) is 9. The van der Waals surface area contributed by atoms with Crippen LogP contribution in [-0.4, -0.2) is 92.7 Å². The number of hydrogen-bond donors (Lipinski definition) is 0. The zero-order chi connectivity index (χ0) is 29.8. The highest BCUT2D eigenvalue weighted by Crippen LogP contribution is 2.37. The highest BCUT2D eigenvalue weighted by molar-refractivity contribution is 5.88. The van der Waals surface area contributed by atoms with Crippen LogP contribution in [0, 0.1) is 18.8 Å². The van der Waals surface area contributed by atoms with Crippen molar-refractivity contribution in [3.63, 3.8) is 0 Å². The lowest BCUT2D eigenvalue weighted by Crippen LogP contribution is -2.31. The second kappa shape index (κ2) is 10.9.